The summed E-state index contributed by atoms with van der Waals surface area (Å²) in [5.74, 6) is -2.55. The molecular formula is C34H39BrClN3O5. The highest BCUT2D eigenvalue weighted by molar-refractivity contribution is 9.09. The summed E-state index contributed by atoms with van der Waals surface area (Å²) in [4.78, 5) is 48.3. The molecule has 3 heterocycles. The summed E-state index contributed by atoms with van der Waals surface area (Å²) in [6.07, 6.45) is 4.17. The molecule has 2 bridgehead atoms. The van der Waals surface area contributed by atoms with Crippen LogP contribution in [0.1, 0.15) is 25.3 Å². The van der Waals surface area contributed by atoms with Gasteiger partial charge in [0, 0.05) is 35.2 Å². The minimum absolute atomic E-state index is 0.176. The third kappa shape index (κ3) is 5.64. The number of nitrogens with zero attached hydrogens (tertiary/aromatic N) is 3. The summed E-state index contributed by atoms with van der Waals surface area (Å²) in [6.45, 7) is 10.4. The van der Waals surface area contributed by atoms with Crippen LogP contribution < -0.4 is 4.90 Å². The second-order valence-corrected chi connectivity index (χ2v) is 13.3. The Kier molecular flexibility index (Phi) is 9.99. The van der Waals surface area contributed by atoms with Crippen LogP contribution in [-0.2, 0) is 25.5 Å². The lowest BCUT2D eigenvalue weighted by Crippen LogP contribution is -2.59. The molecule has 234 valence electrons. The zero-order chi connectivity index (χ0) is 31.6. The van der Waals surface area contributed by atoms with Gasteiger partial charge in [0.2, 0.25) is 11.8 Å². The number of amides is 3. The summed E-state index contributed by atoms with van der Waals surface area (Å²) in [5, 5.41) is 11.3. The maximum absolute atomic E-state index is 14.9. The number of benzene rings is 2. The van der Waals surface area contributed by atoms with E-state index in [9.17, 15) is 19.5 Å². The van der Waals surface area contributed by atoms with Gasteiger partial charge in [-0.3, -0.25) is 14.4 Å². The molecule has 1 spiro atoms. The lowest BCUT2D eigenvalue weighted by Gasteiger charge is -2.39. The Morgan fingerprint density at radius 1 is 1.14 bits per heavy atom. The van der Waals surface area contributed by atoms with Gasteiger partial charge in [-0.05, 0) is 49.1 Å². The van der Waals surface area contributed by atoms with Crippen LogP contribution in [0.15, 0.2) is 79.9 Å². The minimum atomic E-state index is -1.27. The predicted octanol–water partition coefficient (Wildman–Crippen LogP) is 4.64. The van der Waals surface area contributed by atoms with Gasteiger partial charge in [-0.1, -0.05) is 76.9 Å². The highest BCUT2D eigenvalue weighted by atomic mass is 79.9. The molecule has 3 aliphatic heterocycles. The van der Waals surface area contributed by atoms with Gasteiger partial charge in [0.25, 0.3) is 5.91 Å². The molecule has 2 aromatic carbocycles. The highest BCUT2D eigenvalue weighted by Crippen LogP contribution is 2.61. The van der Waals surface area contributed by atoms with Crippen molar-refractivity contribution in [3.05, 3.63) is 90.5 Å². The topological polar surface area (TPSA) is 90.4 Å². The lowest BCUT2D eigenvalue weighted by molar-refractivity contribution is -0.147. The molecule has 5 rings (SSSR count). The number of carbonyl (C=O) groups excluding carboxylic acids is 3. The van der Waals surface area contributed by atoms with Crippen molar-refractivity contribution in [3.8, 4) is 0 Å². The fourth-order valence-electron chi connectivity index (χ4n) is 7.31. The van der Waals surface area contributed by atoms with E-state index in [1.807, 2.05) is 37.3 Å². The van der Waals surface area contributed by atoms with E-state index in [4.69, 9.17) is 16.3 Å². The van der Waals surface area contributed by atoms with Crippen LogP contribution in [0.25, 0.3) is 0 Å². The van der Waals surface area contributed by atoms with Crippen LogP contribution in [0.4, 0.5) is 5.69 Å². The summed E-state index contributed by atoms with van der Waals surface area (Å²) in [7, 11) is 0. The van der Waals surface area contributed by atoms with Gasteiger partial charge in [-0.25, -0.2) is 0 Å². The molecule has 7 atom stereocenters. The van der Waals surface area contributed by atoms with Crippen molar-refractivity contribution < 1.29 is 24.2 Å². The molecule has 3 aliphatic rings. The normalized spacial score (nSPS) is 27.6. The van der Waals surface area contributed by atoms with E-state index in [0.29, 0.717) is 36.6 Å². The third-order valence-electron chi connectivity index (χ3n) is 9.04. The van der Waals surface area contributed by atoms with Gasteiger partial charge in [-0.2, -0.15) is 0 Å². The fourth-order valence-corrected chi connectivity index (χ4v) is 8.38. The summed E-state index contributed by atoms with van der Waals surface area (Å²) < 4.78 is 6.74. The van der Waals surface area contributed by atoms with Crippen molar-refractivity contribution in [1.82, 2.24) is 9.80 Å². The van der Waals surface area contributed by atoms with E-state index >= 15 is 0 Å². The molecule has 3 amide bonds. The Hall–Kier alpha value is -2.98. The summed E-state index contributed by atoms with van der Waals surface area (Å²) >= 11 is 9.92. The van der Waals surface area contributed by atoms with Crippen LogP contribution >= 0.6 is 27.5 Å². The molecule has 3 saturated heterocycles. The quantitative estimate of drug-likeness (QED) is 0.246. The van der Waals surface area contributed by atoms with Crippen LogP contribution in [0.3, 0.4) is 0 Å². The van der Waals surface area contributed by atoms with Crippen molar-refractivity contribution >= 4 is 50.9 Å². The molecule has 2 aromatic rings. The van der Waals surface area contributed by atoms with Gasteiger partial charge in [0.05, 0.1) is 30.6 Å². The number of likely N-dealkylation sites (tertiary alicyclic amines) is 1. The first-order valence-electron chi connectivity index (χ1n) is 15.1. The Labute approximate surface area is 272 Å². The molecule has 10 heteroatoms. The minimum Gasteiger partial charge on any atom is -0.394 e. The number of alkyl halides is 1. The van der Waals surface area contributed by atoms with E-state index in [1.54, 1.807) is 46.2 Å². The zero-order valence-corrected chi connectivity index (χ0v) is 27.2. The molecule has 0 aromatic heterocycles. The first-order valence-corrected chi connectivity index (χ1v) is 16.4. The van der Waals surface area contributed by atoms with Crippen molar-refractivity contribution in [3.63, 3.8) is 0 Å². The molecule has 8 nitrogen and oxygen atoms in total. The van der Waals surface area contributed by atoms with E-state index in [2.05, 4.69) is 29.1 Å². The highest BCUT2D eigenvalue weighted by Gasteiger charge is 2.77. The van der Waals surface area contributed by atoms with E-state index < -0.39 is 35.6 Å². The van der Waals surface area contributed by atoms with E-state index in [1.165, 1.54) is 4.90 Å². The van der Waals surface area contributed by atoms with Gasteiger partial charge < -0.3 is 24.5 Å². The van der Waals surface area contributed by atoms with E-state index in [0.717, 1.165) is 12.0 Å². The predicted molar refractivity (Wildman–Crippen MR) is 175 cm³/mol. The Morgan fingerprint density at radius 3 is 2.43 bits per heavy atom. The average molecular weight is 685 g/mol. The third-order valence-corrected chi connectivity index (χ3v) is 10.1. The SMILES string of the molecule is C=CCN(CCC)C(=O)[C@H]1[C@@H]2OC3(CC2Br)C(C(=O)N(CC=C)c2ccc(Cl)cc2)N([C@@H](CO)Cc2ccccc2)C(=O)[C@H]13. The van der Waals surface area contributed by atoms with Crippen LogP contribution in [-0.4, -0.2) is 87.5 Å². The number of carbonyl (C=O) groups is 3. The van der Waals surface area contributed by atoms with Crippen molar-refractivity contribution in [2.75, 3.05) is 31.1 Å². The van der Waals surface area contributed by atoms with Crippen molar-refractivity contribution in [2.45, 2.75) is 54.8 Å². The molecule has 0 saturated carbocycles. The zero-order valence-electron chi connectivity index (χ0n) is 24.9. The largest absolute Gasteiger partial charge is 0.394 e. The summed E-state index contributed by atoms with van der Waals surface area (Å²) in [5.41, 5.74) is 0.234. The molecule has 1 N–H and O–H groups in total. The number of anilines is 1. The van der Waals surface area contributed by atoms with Crippen molar-refractivity contribution in [1.29, 1.82) is 0 Å². The van der Waals surface area contributed by atoms with Crippen molar-refractivity contribution in [2.24, 2.45) is 11.8 Å². The van der Waals surface area contributed by atoms with Crippen LogP contribution in [0, 0.1) is 11.8 Å². The number of aliphatic hydroxyl groups is 1. The number of halogens is 2. The Balaban J connectivity index is 1.63. The lowest BCUT2D eigenvalue weighted by atomic mass is 9.70. The number of rotatable bonds is 13. The molecule has 3 unspecified atom stereocenters. The van der Waals surface area contributed by atoms with Gasteiger partial charge in [-0.15, -0.1) is 13.2 Å². The van der Waals surface area contributed by atoms with Crippen LogP contribution in [0.2, 0.25) is 5.02 Å². The van der Waals surface area contributed by atoms with Gasteiger partial charge in [0.1, 0.15) is 11.6 Å². The number of hydrogen-bond donors (Lipinski definition) is 1. The number of ether oxygens (including phenoxy) is 1. The molecule has 0 radical (unpaired) electrons. The fraction of sp³-hybridized carbons (Fsp3) is 0.441. The summed E-state index contributed by atoms with van der Waals surface area (Å²) in [6, 6.07) is 14.6. The maximum Gasteiger partial charge on any atom is 0.253 e. The monoisotopic (exact) mass is 683 g/mol. The standard InChI is InChI=1S/C34H39BrClN3O5/c1-4-16-37(17-5-2)31(41)27-28-32(42)39(25(21-40)19-22-10-8-7-9-11-22)30(34(28)20-26(35)29(27)44-34)33(43)38(18-6-3)24-14-12-23(36)13-15-24/h4,6-15,25-30,40H,1,3,5,16-21H2,2H3/t25-,26?,27-,28+,29-,30?,34?/m1/s1. The first-order chi connectivity index (χ1) is 21.2. The van der Waals surface area contributed by atoms with Gasteiger partial charge >= 0.3 is 0 Å². The molecule has 0 aliphatic carbocycles. The average Bonchev–Trinajstić information content (AvgIpc) is 3.62. The smallest absolute Gasteiger partial charge is 0.253 e. The number of hydrogen-bond acceptors (Lipinski definition) is 5. The second-order valence-electron chi connectivity index (χ2n) is 11.7. The Morgan fingerprint density at radius 2 is 1.82 bits per heavy atom. The maximum atomic E-state index is 14.9. The van der Waals surface area contributed by atoms with Gasteiger partial charge in [0.15, 0.2) is 0 Å². The second kappa shape index (κ2) is 13.6. The first kappa shape index (κ1) is 32.4. The van der Waals surface area contributed by atoms with E-state index in [-0.39, 0.29) is 35.7 Å². The van der Waals surface area contributed by atoms with Crippen LogP contribution in [0.5, 0.6) is 0 Å². The molecular weight excluding hydrogens is 646 g/mol. The molecule has 44 heavy (non-hydrogen) atoms. The Bertz CT molecular complexity index is 1390. The number of fused-ring (bicyclic) bond motifs is 1. The number of aliphatic hydroxyl groups excluding tert-OH is 1. The molecule has 3 fully saturated rings.